The average molecular weight is 272 g/mol. The number of amides is 2. The maximum Gasteiger partial charge on any atom is 0.221 e. The van der Waals surface area contributed by atoms with Crippen molar-refractivity contribution in [2.24, 2.45) is 0 Å². The molecule has 1 atom stereocenters. The second kappa shape index (κ2) is 9.75. The molecule has 0 radical (unpaired) electrons. The molecule has 6 nitrogen and oxygen atoms in total. The Morgan fingerprint density at radius 2 is 2.16 bits per heavy atom. The molecule has 0 aliphatic carbocycles. The van der Waals surface area contributed by atoms with Crippen LogP contribution in [-0.2, 0) is 19.1 Å². The van der Waals surface area contributed by atoms with E-state index in [-0.39, 0.29) is 17.9 Å². The zero-order chi connectivity index (χ0) is 13.9. The van der Waals surface area contributed by atoms with E-state index in [1.165, 1.54) is 6.92 Å². The summed E-state index contributed by atoms with van der Waals surface area (Å²) >= 11 is 0. The van der Waals surface area contributed by atoms with Gasteiger partial charge in [-0.3, -0.25) is 9.59 Å². The molecule has 0 aromatic heterocycles. The molecule has 2 amide bonds. The Hall–Kier alpha value is -1.14. The van der Waals surface area contributed by atoms with Gasteiger partial charge < -0.3 is 20.1 Å². The maximum atomic E-state index is 11.3. The van der Waals surface area contributed by atoms with Crippen LogP contribution in [0.3, 0.4) is 0 Å². The van der Waals surface area contributed by atoms with E-state index in [9.17, 15) is 9.59 Å². The summed E-state index contributed by atoms with van der Waals surface area (Å²) in [5.74, 6) is -0.164. The number of carbonyl (C=O) groups is 2. The van der Waals surface area contributed by atoms with Crippen LogP contribution in [0, 0.1) is 0 Å². The number of hydrogen-bond donors (Lipinski definition) is 2. The van der Waals surface area contributed by atoms with Crippen molar-refractivity contribution in [2.45, 2.75) is 38.7 Å². The topological polar surface area (TPSA) is 76.7 Å². The predicted octanol–water partition coefficient (Wildman–Crippen LogP) is 0.215. The molecule has 1 rings (SSSR count). The van der Waals surface area contributed by atoms with Crippen molar-refractivity contribution in [1.29, 1.82) is 0 Å². The molecule has 0 bridgehead atoms. The van der Waals surface area contributed by atoms with Crippen molar-refractivity contribution < 1.29 is 19.1 Å². The summed E-state index contributed by atoms with van der Waals surface area (Å²) in [5, 5.41) is 5.36. The monoisotopic (exact) mass is 272 g/mol. The van der Waals surface area contributed by atoms with Crippen molar-refractivity contribution in [2.75, 3.05) is 32.9 Å². The molecule has 0 spiro atoms. The van der Waals surface area contributed by atoms with Gasteiger partial charge in [-0.05, 0) is 19.3 Å². The van der Waals surface area contributed by atoms with E-state index in [0.717, 1.165) is 25.9 Å². The van der Waals surface area contributed by atoms with E-state index in [0.29, 0.717) is 32.7 Å². The molecule has 1 aliphatic heterocycles. The summed E-state index contributed by atoms with van der Waals surface area (Å²) in [6, 6.07) is 0. The van der Waals surface area contributed by atoms with Crippen LogP contribution in [0.25, 0.3) is 0 Å². The van der Waals surface area contributed by atoms with Gasteiger partial charge in [0.2, 0.25) is 11.8 Å². The molecule has 0 aromatic rings. The Morgan fingerprint density at radius 3 is 2.84 bits per heavy atom. The van der Waals surface area contributed by atoms with Crippen molar-refractivity contribution in [3.63, 3.8) is 0 Å². The summed E-state index contributed by atoms with van der Waals surface area (Å²) in [4.78, 5) is 21.9. The molecule has 0 saturated carbocycles. The van der Waals surface area contributed by atoms with Crippen LogP contribution >= 0.6 is 0 Å². The molecule has 19 heavy (non-hydrogen) atoms. The van der Waals surface area contributed by atoms with E-state index >= 15 is 0 Å². The van der Waals surface area contributed by atoms with Gasteiger partial charge in [-0.15, -0.1) is 0 Å². The fraction of sp³-hybridized carbons (Fsp3) is 0.846. The van der Waals surface area contributed by atoms with Gasteiger partial charge in [0.25, 0.3) is 0 Å². The molecule has 1 aliphatic rings. The number of ether oxygens (including phenoxy) is 2. The standard InChI is InChI=1S/C13H24N2O4/c1-11(16)14-7-5-13(17)15-6-3-8-18-10-12-4-2-9-19-12/h12H,2-10H2,1H3,(H,14,16)(H,15,17). The van der Waals surface area contributed by atoms with Gasteiger partial charge in [-0.2, -0.15) is 0 Å². The first kappa shape index (κ1) is 15.9. The number of carbonyl (C=O) groups excluding carboxylic acids is 2. The summed E-state index contributed by atoms with van der Waals surface area (Å²) in [7, 11) is 0. The molecular weight excluding hydrogens is 248 g/mol. The third-order valence-corrected chi connectivity index (χ3v) is 2.84. The third-order valence-electron chi connectivity index (χ3n) is 2.84. The van der Waals surface area contributed by atoms with Crippen molar-refractivity contribution in [1.82, 2.24) is 10.6 Å². The van der Waals surface area contributed by atoms with E-state index < -0.39 is 0 Å². The lowest BCUT2D eigenvalue weighted by Gasteiger charge is -2.10. The molecule has 1 unspecified atom stereocenters. The highest BCUT2D eigenvalue weighted by molar-refractivity contribution is 5.77. The fourth-order valence-corrected chi connectivity index (χ4v) is 1.83. The zero-order valence-corrected chi connectivity index (χ0v) is 11.6. The van der Waals surface area contributed by atoms with Crippen LogP contribution in [0.15, 0.2) is 0 Å². The third kappa shape index (κ3) is 8.56. The van der Waals surface area contributed by atoms with Gasteiger partial charge in [-0.25, -0.2) is 0 Å². The Labute approximate surface area is 114 Å². The van der Waals surface area contributed by atoms with Gasteiger partial charge in [0.1, 0.15) is 0 Å². The zero-order valence-electron chi connectivity index (χ0n) is 11.6. The summed E-state index contributed by atoms with van der Waals surface area (Å²) in [5.41, 5.74) is 0. The quantitative estimate of drug-likeness (QED) is 0.588. The minimum atomic E-state index is -0.115. The highest BCUT2D eigenvalue weighted by atomic mass is 16.5. The second-order valence-electron chi connectivity index (χ2n) is 4.65. The van der Waals surface area contributed by atoms with Gasteiger partial charge in [0.15, 0.2) is 0 Å². The summed E-state index contributed by atoms with van der Waals surface area (Å²) in [6.45, 7) is 4.55. The van der Waals surface area contributed by atoms with Gasteiger partial charge >= 0.3 is 0 Å². The lowest BCUT2D eigenvalue weighted by Crippen LogP contribution is -2.30. The van der Waals surface area contributed by atoms with Crippen LogP contribution in [0.4, 0.5) is 0 Å². The van der Waals surface area contributed by atoms with Crippen molar-refractivity contribution in [3.05, 3.63) is 0 Å². The van der Waals surface area contributed by atoms with E-state index in [4.69, 9.17) is 9.47 Å². The lowest BCUT2D eigenvalue weighted by atomic mass is 10.2. The Morgan fingerprint density at radius 1 is 1.32 bits per heavy atom. The summed E-state index contributed by atoms with van der Waals surface area (Å²) < 4.78 is 10.9. The first-order chi connectivity index (χ1) is 9.18. The molecule has 1 heterocycles. The van der Waals surface area contributed by atoms with Gasteiger partial charge in [0.05, 0.1) is 12.7 Å². The smallest absolute Gasteiger partial charge is 0.221 e. The van der Waals surface area contributed by atoms with Gasteiger partial charge in [0, 0.05) is 39.6 Å². The highest BCUT2D eigenvalue weighted by Gasteiger charge is 2.14. The van der Waals surface area contributed by atoms with Crippen LogP contribution in [0.5, 0.6) is 0 Å². The number of hydrogen-bond acceptors (Lipinski definition) is 4. The van der Waals surface area contributed by atoms with Crippen molar-refractivity contribution in [3.8, 4) is 0 Å². The molecule has 6 heteroatoms. The lowest BCUT2D eigenvalue weighted by molar-refractivity contribution is -0.121. The Kier molecular flexibility index (Phi) is 8.16. The molecule has 0 aromatic carbocycles. The first-order valence-electron chi connectivity index (χ1n) is 6.89. The fourth-order valence-electron chi connectivity index (χ4n) is 1.83. The first-order valence-corrected chi connectivity index (χ1v) is 6.89. The molecular formula is C13H24N2O4. The maximum absolute atomic E-state index is 11.3. The SMILES string of the molecule is CC(=O)NCCC(=O)NCCCOCC1CCCO1. The molecule has 1 saturated heterocycles. The summed E-state index contributed by atoms with van der Waals surface area (Å²) in [6.07, 6.45) is 3.57. The van der Waals surface area contributed by atoms with E-state index in [1.54, 1.807) is 0 Å². The predicted molar refractivity (Wildman–Crippen MR) is 70.7 cm³/mol. The molecule has 1 fully saturated rings. The Bertz CT molecular complexity index is 278. The molecule has 110 valence electrons. The minimum Gasteiger partial charge on any atom is -0.379 e. The second-order valence-corrected chi connectivity index (χ2v) is 4.65. The van der Waals surface area contributed by atoms with E-state index in [1.807, 2.05) is 0 Å². The largest absolute Gasteiger partial charge is 0.379 e. The number of rotatable bonds is 9. The minimum absolute atomic E-state index is 0.0483. The normalized spacial score (nSPS) is 18.3. The van der Waals surface area contributed by atoms with Crippen LogP contribution in [0.2, 0.25) is 0 Å². The molecule has 2 N–H and O–H groups in total. The van der Waals surface area contributed by atoms with Crippen LogP contribution in [0.1, 0.15) is 32.6 Å². The van der Waals surface area contributed by atoms with Crippen LogP contribution < -0.4 is 10.6 Å². The average Bonchev–Trinajstić information content (AvgIpc) is 2.86. The van der Waals surface area contributed by atoms with Crippen LogP contribution in [-0.4, -0.2) is 50.8 Å². The van der Waals surface area contributed by atoms with E-state index in [2.05, 4.69) is 10.6 Å². The van der Waals surface area contributed by atoms with Crippen molar-refractivity contribution >= 4 is 11.8 Å². The number of nitrogens with one attached hydrogen (secondary N) is 2. The Balaban J connectivity index is 1.84. The highest BCUT2D eigenvalue weighted by Crippen LogP contribution is 2.11. The van der Waals surface area contributed by atoms with Gasteiger partial charge in [-0.1, -0.05) is 0 Å².